The normalized spacial score (nSPS) is 10.8. The third-order valence-electron chi connectivity index (χ3n) is 3.45. The van der Waals surface area contributed by atoms with Gasteiger partial charge in [-0.15, -0.1) is 0 Å². The second-order valence-electron chi connectivity index (χ2n) is 5.02. The molecule has 1 aromatic heterocycles. The lowest BCUT2D eigenvalue weighted by atomic mass is 10.1. The van der Waals surface area contributed by atoms with Crippen LogP contribution in [-0.4, -0.2) is 5.11 Å². The summed E-state index contributed by atoms with van der Waals surface area (Å²) in [6, 6.07) is 6.00. The first-order valence-electron chi connectivity index (χ1n) is 7.46. The Morgan fingerprint density at radius 3 is 2.28 bits per heavy atom. The van der Waals surface area contributed by atoms with E-state index in [1.807, 2.05) is 18.2 Å². The molecule has 0 spiro atoms. The fourth-order valence-electron chi connectivity index (χ4n) is 2.29. The number of pyridine rings is 1. The predicted molar refractivity (Wildman–Crippen MR) is 75.2 cm³/mol. The summed E-state index contributed by atoms with van der Waals surface area (Å²) in [5.41, 5.74) is 1.01. The van der Waals surface area contributed by atoms with E-state index in [9.17, 15) is 5.11 Å². The molecule has 18 heavy (non-hydrogen) atoms. The maximum atomic E-state index is 9.22. The molecule has 0 amide bonds. The first kappa shape index (κ1) is 15.2. The van der Waals surface area contributed by atoms with Gasteiger partial charge < -0.3 is 5.11 Å². The van der Waals surface area contributed by atoms with Crippen molar-refractivity contribution in [1.82, 2.24) is 0 Å². The van der Waals surface area contributed by atoms with Crippen molar-refractivity contribution >= 4 is 0 Å². The van der Waals surface area contributed by atoms with E-state index in [1.54, 1.807) is 0 Å². The molecule has 1 rings (SSSR count). The number of hydrogen-bond acceptors (Lipinski definition) is 1. The lowest BCUT2D eigenvalue weighted by Gasteiger charge is -2.02. The van der Waals surface area contributed by atoms with Crippen LogP contribution in [0.1, 0.15) is 64.0 Å². The molecule has 102 valence electrons. The van der Waals surface area contributed by atoms with Crippen molar-refractivity contribution < 1.29 is 9.67 Å². The molecule has 2 heteroatoms. The zero-order valence-electron chi connectivity index (χ0n) is 11.8. The summed E-state index contributed by atoms with van der Waals surface area (Å²) < 4.78 is 2.16. The molecule has 1 aromatic rings. The zero-order valence-corrected chi connectivity index (χ0v) is 11.8. The number of rotatable bonds is 10. The lowest BCUT2D eigenvalue weighted by molar-refractivity contribution is -0.706. The minimum Gasteiger partial charge on any atom is -0.385 e. The van der Waals surface area contributed by atoms with Crippen LogP contribution in [0.3, 0.4) is 0 Å². The van der Waals surface area contributed by atoms with E-state index in [-0.39, 0.29) is 6.61 Å². The second kappa shape index (κ2) is 10.1. The molecule has 0 aromatic carbocycles. The number of aryl methyl sites for hydroxylation is 1. The van der Waals surface area contributed by atoms with Crippen LogP contribution in [0.15, 0.2) is 24.4 Å². The number of aliphatic hydroxyl groups is 1. The highest BCUT2D eigenvalue weighted by atomic mass is 16.3. The first-order chi connectivity index (χ1) is 8.88. The number of aromatic nitrogens is 1. The van der Waals surface area contributed by atoms with Crippen molar-refractivity contribution in [2.45, 2.75) is 71.4 Å². The topological polar surface area (TPSA) is 24.1 Å². The standard InChI is InChI=1S/C16H28NO/c1-2-3-4-5-6-7-8-10-13-17-14-11-9-12-16(17)15-18/h9,11-12,14,18H,2-8,10,13,15H2,1H3/q+1. The molecule has 1 N–H and O–H groups in total. The van der Waals surface area contributed by atoms with E-state index < -0.39 is 0 Å². The van der Waals surface area contributed by atoms with Crippen LogP contribution < -0.4 is 4.57 Å². The van der Waals surface area contributed by atoms with Crippen LogP contribution in [0.4, 0.5) is 0 Å². The average molecular weight is 250 g/mol. The summed E-state index contributed by atoms with van der Waals surface area (Å²) in [4.78, 5) is 0. The summed E-state index contributed by atoms with van der Waals surface area (Å²) >= 11 is 0. The van der Waals surface area contributed by atoms with E-state index in [2.05, 4.69) is 17.7 Å². The zero-order chi connectivity index (χ0) is 13.1. The van der Waals surface area contributed by atoms with E-state index in [1.165, 1.54) is 51.4 Å². The van der Waals surface area contributed by atoms with Gasteiger partial charge in [-0.3, -0.25) is 0 Å². The quantitative estimate of drug-likeness (QED) is 0.498. The summed E-state index contributed by atoms with van der Waals surface area (Å²) in [6.45, 7) is 3.43. The summed E-state index contributed by atoms with van der Waals surface area (Å²) in [7, 11) is 0. The van der Waals surface area contributed by atoms with Crippen molar-refractivity contribution in [3.8, 4) is 0 Å². The van der Waals surface area contributed by atoms with Crippen LogP contribution in [-0.2, 0) is 13.2 Å². The van der Waals surface area contributed by atoms with Gasteiger partial charge >= 0.3 is 0 Å². The average Bonchev–Trinajstić information content (AvgIpc) is 2.42. The SMILES string of the molecule is CCCCCCCCCC[n+]1ccccc1CO. The Bertz CT molecular complexity index is 312. The highest BCUT2D eigenvalue weighted by molar-refractivity contribution is 4.95. The molecule has 2 nitrogen and oxygen atoms in total. The Labute approximate surface area is 112 Å². The third kappa shape index (κ3) is 6.15. The van der Waals surface area contributed by atoms with E-state index >= 15 is 0 Å². The van der Waals surface area contributed by atoms with Gasteiger partial charge in [-0.05, 0) is 6.42 Å². The Morgan fingerprint density at radius 2 is 1.61 bits per heavy atom. The Balaban J connectivity index is 2.07. The highest BCUT2D eigenvalue weighted by Crippen LogP contribution is 2.08. The largest absolute Gasteiger partial charge is 0.385 e. The Morgan fingerprint density at radius 1 is 0.944 bits per heavy atom. The molecule has 0 fully saturated rings. The molecule has 0 saturated carbocycles. The molecule has 1 heterocycles. The molecule has 0 aliphatic rings. The van der Waals surface area contributed by atoms with Crippen LogP contribution >= 0.6 is 0 Å². The fourth-order valence-corrected chi connectivity index (χ4v) is 2.29. The van der Waals surface area contributed by atoms with E-state index in [0.29, 0.717) is 0 Å². The van der Waals surface area contributed by atoms with Crippen molar-refractivity contribution in [2.24, 2.45) is 0 Å². The minimum atomic E-state index is 0.137. The molecular weight excluding hydrogens is 222 g/mol. The van der Waals surface area contributed by atoms with Crippen LogP contribution in [0, 0.1) is 0 Å². The maximum absolute atomic E-state index is 9.22. The van der Waals surface area contributed by atoms with Crippen LogP contribution in [0.25, 0.3) is 0 Å². The van der Waals surface area contributed by atoms with Gasteiger partial charge in [0.2, 0.25) is 5.69 Å². The predicted octanol–water partition coefficient (Wildman–Crippen LogP) is 3.61. The summed E-state index contributed by atoms with van der Waals surface area (Å²) in [5, 5.41) is 9.22. The number of hydrogen-bond donors (Lipinski definition) is 1. The van der Waals surface area contributed by atoms with Crippen LogP contribution in [0.5, 0.6) is 0 Å². The van der Waals surface area contributed by atoms with Crippen LogP contribution in [0.2, 0.25) is 0 Å². The lowest BCUT2D eigenvalue weighted by Crippen LogP contribution is -2.37. The van der Waals surface area contributed by atoms with Gasteiger partial charge in [0, 0.05) is 18.6 Å². The van der Waals surface area contributed by atoms with Crippen molar-refractivity contribution in [3.05, 3.63) is 30.1 Å². The van der Waals surface area contributed by atoms with E-state index in [4.69, 9.17) is 0 Å². The molecule has 0 aliphatic heterocycles. The molecule has 0 atom stereocenters. The highest BCUT2D eigenvalue weighted by Gasteiger charge is 2.06. The van der Waals surface area contributed by atoms with Gasteiger partial charge in [0.05, 0.1) is 0 Å². The Hall–Kier alpha value is -0.890. The number of nitrogens with zero attached hydrogens (tertiary/aromatic N) is 1. The molecule has 0 aliphatic carbocycles. The van der Waals surface area contributed by atoms with E-state index in [0.717, 1.165) is 12.2 Å². The van der Waals surface area contributed by atoms with Gasteiger partial charge in [0.25, 0.3) is 0 Å². The van der Waals surface area contributed by atoms with Crippen molar-refractivity contribution in [3.63, 3.8) is 0 Å². The van der Waals surface area contributed by atoms with Crippen molar-refractivity contribution in [1.29, 1.82) is 0 Å². The van der Waals surface area contributed by atoms with Gasteiger partial charge in [-0.1, -0.05) is 51.5 Å². The second-order valence-corrected chi connectivity index (χ2v) is 5.02. The molecule has 0 unspecified atom stereocenters. The number of unbranched alkanes of at least 4 members (excludes halogenated alkanes) is 7. The summed E-state index contributed by atoms with van der Waals surface area (Å²) in [6.07, 6.45) is 12.8. The molecule has 0 saturated heterocycles. The first-order valence-corrected chi connectivity index (χ1v) is 7.46. The smallest absolute Gasteiger partial charge is 0.206 e. The van der Waals surface area contributed by atoms with Gasteiger partial charge in [0.15, 0.2) is 6.20 Å². The minimum absolute atomic E-state index is 0.137. The Kier molecular flexibility index (Phi) is 8.49. The third-order valence-corrected chi connectivity index (χ3v) is 3.45. The molecule has 0 radical (unpaired) electrons. The maximum Gasteiger partial charge on any atom is 0.206 e. The monoisotopic (exact) mass is 250 g/mol. The van der Waals surface area contributed by atoms with Gasteiger partial charge in [-0.2, -0.15) is 0 Å². The van der Waals surface area contributed by atoms with Gasteiger partial charge in [-0.25, -0.2) is 4.57 Å². The molecule has 0 bridgehead atoms. The fraction of sp³-hybridized carbons (Fsp3) is 0.688. The van der Waals surface area contributed by atoms with Gasteiger partial charge in [0.1, 0.15) is 13.2 Å². The number of aliphatic hydroxyl groups excluding tert-OH is 1. The van der Waals surface area contributed by atoms with Crippen molar-refractivity contribution in [2.75, 3.05) is 0 Å². The summed E-state index contributed by atoms with van der Waals surface area (Å²) in [5.74, 6) is 0. The molecular formula is C16H28NO+.